The van der Waals surface area contributed by atoms with Crippen LogP contribution in [0.15, 0.2) is 24.5 Å². The molecule has 6 nitrogen and oxygen atoms in total. The molecule has 1 N–H and O–H groups in total. The first kappa shape index (κ1) is 18.8. The highest BCUT2D eigenvalue weighted by Crippen LogP contribution is 2.30. The molecule has 0 unspecified atom stereocenters. The van der Waals surface area contributed by atoms with E-state index in [9.17, 15) is 26.0 Å². The second-order valence-electron chi connectivity index (χ2n) is 6.06. The fourth-order valence-electron chi connectivity index (χ4n) is 2.91. The van der Waals surface area contributed by atoms with Crippen LogP contribution in [0.2, 0.25) is 0 Å². The van der Waals surface area contributed by atoms with Crippen molar-refractivity contribution in [2.75, 3.05) is 25.0 Å². The van der Waals surface area contributed by atoms with Gasteiger partial charge in [-0.3, -0.25) is 0 Å². The van der Waals surface area contributed by atoms with Crippen LogP contribution in [0.4, 0.5) is 23.4 Å². The van der Waals surface area contributed by atoms with Crippen LogP contribution in [-0.4, -0.2) is 47.8 Å². The molecular formula is C15H16F4N4O2S. The van der Waals surface area contributed by atoms with Crippen LogP contribution in [0.1, 0.15) is 12.8 Å². The average Bonchev–Trinajstić information content (AvgIpc) is 2.59. The minimum Gasteiger partial charge on any atom is -0.369 e. The quantitative estimate of drug-likeness (QED) is 0.810. The molecule has 0 aliphatic carbocycles. The molecule has 26 heavy (non-hydrogen) atoms. The second-order valence-corrected chi connectivity index (χ2v) is 7.99. The Hall–Kier alpha value is -2.01. The summed E-state index contributed by atoms with van der Waals surface area (Å²) in [6.45, 7) is 0.0171. The van der Waals surface area contributed by atoms with Gasteiger partial charge in [-0.25, -0.2) is 22.8 Å². The maximum absolute atomic E-state index is 13.4. The molecule has 0 bridgehead atoms. The highest BCUT2D eigenvalue weighted by molar-refractivity contribution is 7.90. The topological polar surface area (TPSA) is 75.2 Å². The van der Waals surface area contributed by atoms with Crippen LogP contribution in [0.5, 0.6) is 0 Å². The van der Waals surface area contributed by atoms with Gasteiger partial charge < -0.3 is 5.32 Å². The summed E-state index contributed by atoms with van der Waals surface area (Å²) in [4.78, 5) is 8.11. The molecule has 142 valence electrons. The molecule has 1 fully saturated rings. The van der Waals surface area contributed by atoms with Gasteiger partial charge in [-0.05, 0) is 37.0 Å². The molecule has 2 aromatic rings. The lowest BCUT2D eigenvalue weighted by Gasteiger charge is -2.31. The number of alkyl halides is 3. The van der Waals surface area contributed by atoms with E-state index in [2.05, 4.69) is 15.3 Å². The Bertz CT molecular complexity index is 896. The molecular weight excluding hydrogens is 376 g/mol. The Kier molecular flexibility index (Phi) is 5.02. The van der Waals surface area contributed by atoms with Crippen LogP contribution in [-0.2, 0) is 10.0 Å². The average molecular weight is 392 g/mol. The van der Waals surface area contributed by atoms with Gasteiger partial charge in [0.15, 0.2) is 0 Å². The predicted octanol–water partition coefficient (Wildman–Crippen LogP) is 2.74. The number of hydrogen-bond acceptors (Lipinski definition) is 5. The zero-order chi connectivity index (χ0) is 18.9. The third-order valence-electron chi connectivity index (χ3n) is 4.36. The largest absolute Gasteiger partial charge is 0.511 e. The van der Waals surface area contributed by atoms with Crippen molar-refractivity contribution in [1.82, 2.24) is 14.3 Å². The standard InChI is InChI=1S/C15H16F4N4O2S/c16-11-1-2-13-12(7-11)14(22-9-21-13)20-8-10-3-5-23(6-4-10)26(24,25)15(17,18)19/h1-2,7,9-10H,3-6,8H2,(H,20,21,22). The van der Waals surface area contributed by atoms with E-state index < -0.39 is 21.3 Å². The highest BCUT2D eigenvalue weighted by atomic mass is 32.2. The van der Waals surface area contributed by atoms with E-state index in [1.807, 2.05) is 0 Å². The van der Waals surface area contributed by atoms with Crippen LogP contribution in [0, 0.1) is 11.7 Å². The van der Waals surface area contributed by atoms with Gasteiger partial charge in [-0.2, -0.15) is 17.5 Å². The molecule has 0 saturated carbocycles. The van der Waals surface area contributed by atoms with Crippen molar-refractivity contribution in [2.45, 2.75) is 18.3 Å². The molecule has 1 aromatic carbocycles. The zero-order valence-electron chi connectivity index (χ0n) is 13.5. The molecule has 0 atom stereocenters. The van der Waals surface area contributed by atoms with Crippen LogP contribution in [0.25, 0.3) is 10.9 Å². The fraction of sp³-hybridized carbons (Fsp3) is 0.467. The maximum atomic E-state index is 13.4. The van der Waals surface area contributed by atoms with Crippen molar-refractivity contribution in [1.29, 1.82) is 0 Å². The summed E-state index contributed by atoms with van der Waals surface area (Å²) in [5.74, 6) is -0.0193. The SMILES string of the molecule is O=S(=O)(N1CCC(CNc2ncnc3ccc(F)cc23)CC1)C(F)(F)F. The Balaban J connectivity index is 1.62. The summed E-state index contributed by atoms with van der Waals surface area (Å²) in [5.41, 5.74) is -4.71. The van der Waals surface area contributed by atoms with Crippen molar-refractivity contribution in [3.8, 4) is 0 Å². The number of halogens is 4. The third kappa shape index (κ3) is 3.73. The Morgan fingerprint density at radius 2 is 1.88 bits per heavy atom. The van der Waals surface area contributed by atoms with Gasteiger partial charge in [-0.15, -0.1) is 0 Å². The first-order chi connectivity index (χ1) is 12.2. The van der Waals surface area contributed by atoms with E-state index in [1.165, 1.54) is 24.5 Å². The minimum absolute atomic E-state index is 0.0201. The molecule has 1 saturated heterocycles. The lowest BCUT2D eigenvalue weighted by Crippen LogP contribution is -2.45. The van der Waals surface area contributed by atoms with E-state index >= 15 is 0 Å². The molecule has 2 heterocycles. The Labute approximate surface area is 147 Å². The number of fused-ring (bicyclic) bond motifs is 1. The van der Waals surface area contributed by atoms with Gasteiger partial charge >= 0.3 is 15.5 Å². The number of anilines is 1. The van der Waals surface area contributed by atoms with E-state index in [1.54, 1.807) is 0 Å². The van der Waals surface area contributed by atoms with Gasteiger partial charge in [0.2, 0.25) is 0 Å². The summed E-state index contributed by atoms with van der Waals surface area (Å²) in [6, 6.07) is 4.12. The van der Waals surface area contributed by atoms with Gasteiger partial charge in [0, 0.05) is 25.0 Å². The number of piperidine rings is 1. The van der Waals surface area contributed by atoms with Crippen LogP contribution < -0.4 is 5.32 Å². The molecule has 0 radical (unpaired) electrons. The van der Waals surface area contributed by atoms with Gasteiger partial charge in [0.05, 0.1) is 5.52 Å². The van der Waals surface area contributed by atoms with E-state index in [-0.39, 0.29) is 19.0 Å². The molecule has 0 spiro atoms. The summed E-state index contributed by atoms with van der Waals surface area (Å²) in [5, 5.41) is 3.56. The normalized spacial score (nSPS) is 17.5. The first-order valence-corrected chi connectivity index (χ1v) is 9.33. The van der Waals surface area contributed by atoms with Crippen LogP contribution in [0.3, 0.4) is 0 Å². The van der Waals surface area contributed by atoms with Gasteiger partial charge in [0.1, 0.15) is 18.0 Å². The maximum Gasteiger partial charge on any atom is 0.511 e. The smallest absolute Gasteiger partial charge is 0.369 e. The Morgan fingerprint density at radius 3 is 2.54 bits per heavy atom. The summed E-state index contributed by atoms with van der Waals surface area (Å²) < 4.78 is 74.4. The van der Waals surface area contributed by atoms with E-state index in [0.29, 0.717) is 40.4 Å². The number of sulfonamides is 1. The minimum atomic E-state index is -5.28. The van der Waals surface area contributed by atoms with Crippen molar-refractivity contribution in [3.05, 3.63) is 30.3 Å². The first-order valence-electron chi connectivity index (χ1n) is 7.89. The number of nitrogens with zero attached hydrogens (tertiary/aromatic N) is 3. The molecule has 1 aromatic heterocycles. The van der Waals surface area contributed by atoms with Crippen molar-refractivity contribution < 1.29 is 26.0 Å². The third-order valence-corrected chi connectivity index (χ3v) is 5.99. The molecule has 1 aliphatic rings. The molecule has 11 heteroatoms. The monoisotopic (exact) mass is 392 g/mol. The van der Waals surface area contributed by atoms with Crippen LogP contribution >= 0.6 is 0 Å². The van der Waals surface area contributed by atoms with Gasteiger partial charge in [-0.1, -0.05) is 0 Å². The second kappa shape index (κ2) is 6.95. The predicted molar refractivity (Wildman–Crippen MR) is 87.3 cm³/mol. The fourth-order valence-corrected chi connectivity index (χ4v) is 3.90. The number of aromatic nitrogens is 2. The molecule has 0 amide bonds. The lowest BCUT2D eigenvalue weighted by molar-refractivity contribution is -0.0496. The number of hydrogen-bond donors (Lipinski definition) is 1. The van der Waals surface area contributed by atoms with Gasteiger partial charge in [0.25, 0.3) is 0 Å². The van der Waals surface area contributed by atoms with E-state index in [0.717, 1.165) is 0 Å². The van der Waals surface area contributed by atoms with E-state index in [4.69, 9.17) is 0 Å². The van der Waals surface area contributed by atoms with Crippen molar-refractivity contribution >= 4 is 26.7 Å². The molecule has 3 rings (SSSR count). The summed E-state index contributed by atoms with van der Waals surface area (Å²) in [7, 11) is -5.27. The zero-order valence-corrected chi connectivity index (χ0v) is 14.3. The molecule has 1 aliphatic heterocycles. The number of benzene rings is 1. The Morgan fingerprint density at radius 1 is 1.19 bits per heavy atom. The lowest BCUT2D eigenvalue weighted by atomic mass is 9.98. The highest BCUT2D eigenvalue weighted by Gasteiger charge is 2.50. The number of nitrogens with one attached hydrogen (secondary N) is 1. The van der Waals surface area contributed by atoms with Crippen molar-refractivity contribution in [3.63, 3.8) is 0 Å². The summed E-state index contributed by atoms with van der Waals surface area (Å²) >= 11 is 0. The number of rotatable bonds is 4. The van der Waals surface area contributed by atoms with Crippen molar-refractivity contribution in [2.24, 2.45) is 5.92 Å². The summed E-state index contributed by atoms with van der Waals surface area (Å²) in [6.07, 6.45) is 1.92.